The highest BCUT2D eigenvalue weighted by Crippen LogP contribution is 2.48. The highest BCUT2D eigenvalue weighted by molar-refractivity contribution is 6.24. The van der Waals surface area contributed by atoms with Crippen LogP contribution in [-0.4, -0.2) is 0 Å². The molecule has 0 spiro atoms. The van der Waals surface area contributed by atoms with Crippen LogP contribution in [0.15, 0.2) is 206 Å². The van der Waals surface area contributed by atoms with Crippen molar-refractivity contribution in [2.75, 3.05) is 0 Å². The van der Waals surface area contributed by atoms with E-state index < -0.39 is 0 Å². The molecule has 0 unspecified atom stereocenters. The molecule has 0 bridgehead atoms. The van der Waals surface area contributed by atoms with Crippen LogP contribution < -0.4 is 0 Å². The van der Waals surface area contributed by atoms with Gasteiger partial charge in [-0.3, -0.25) is 0 Å². The largest absolute Gasteiger partial charge is 0.0622 e. The average molecular weight is 659 g/mol. The van der Waals surface area contributed by atoms with Crippen LogP contribution in [0.2, 0.25) is 0 Å². The molecule has 0 atom stereocenters. The summed E-state index contributed by atoms with van der Waals surface area (Å²) in [6.07, 6.45) is 0. The quantitative estimate of drug-likeness (QED) is 0.128. The number of hydrogen-bond acceptors (Lipinski definition) is 0. The summed E-state index contributed by atoms with van der Waals surface area (Å²) in [5.41, 5.74) is 12.4. The minimum atomic E-state index is 1.21. The summed E-state index contributed by atoms with van der Waals surface area (Å²) in [7, 11) is 0. The standard InChI is InChI=1S/C52H34/c1-2-16-35(17-3-1)36-30-32-37(33-31-36)39-19-6-10-24-44(39)51-46-26-12-14-28-48(46)52(49-29-15-13-27-47(49)51)45-25-11-9-23-43(45)50-34-38-18-4-5-20-40(38)41-21-7-8-22-42(41)50/h1-34H. The fraction of sp³-hybridized carbons (Fsp3) is 0. The van der Waals surface area contributed by atoms with Crippen LogP contribution in [-0.2, 0) is 0 Å². The first-order chi connectivity index (χ1) is 25.8. The lowest BCUT2D eigenvalue weighted by Crippen LogP contribution is -1.94. The summed E-state index contributed by atoms with van der Waals surface area (Å²) in [6, 6.07) is 75.5. The zero-order valence-corrected chi connectivity index (χ0v) is 28.6. The van der Waals surface area contributed by atoms with Crippen LogP contribution in [0.5, 0.6) is 0 Å². The lowest BCUT2D eigenvalue weighted by atomic mass is 9.81. The van der Waals surface area contributed by atoms with Gasteiger partial charge in [-0.2, -0.15) is 0 Å². The van der Waals surface area contributed by atoms with Gasteiger partial charge in [0.1, 0.15) is 0 Å². The smallest absolute Gasteiger partial charge is 0.00201 e. The molecular formula is C52H34. The van der Waals surface area contributed by atoms with E-state index in [2.05, 4.69) is 206 Å². The second-order valence-electron chi connectivity index (χ2n) is 13.6. The lowest BCUT2D eigenvalue weighted by molar-refractivity contribution is 1.58. The molecule has 0 aliphatic carbocycles. The Morgan fingerprint density at radius 3 is 1.17 bits per heavy atom. The molecule has 0 nitrogen and oxygen atoms in total. The highest BCUT2D eigenvalue weighted by atomic mass is 14.2. The van der Waals surface area contributed by atoms with E-state index >= 15 is 0 Å². The highest BCUT2D eigenvalue weighted by Gasteiger charge is 2.21. The monoisotopic (exact) mass is 658 g/mol. The Morgan fingerprint density at radius 1 is 0.192 bits per heavy atom. The first kappa shape index (κ1) is 30.1. The Kier molecular flexibility index (Phi) is 7.25. The van der Waals surface area contributed by atoms with Crippen molar-refractivity contribution < 1.29 is 0 Å². The summed E-state index contributed by atoms with van der Waals surface area (Å²) in [5, 5.41) is 10.1. The molecule has 0 heteroatoms. The van der Waals surface area contributed by atoms with E-state index in [9.17, 15) is 0 Å². The Hall–Kier alpha value is -6.76. The van der Waals surface area contributed by atoms with E-state index in [0.717, 1.165) is 0 Å². The molecule has 10 aromatic rings. The zero-order chi connectivity index (χ0) is 34.4. The Bertz CT molecular complexity index is 2880. The third kappa shape index (κ3) is 4.92. The topological polar surface area (TPSA) is 0 Å². The van der Waals surface area contributed by atoms with Crippen molar-refractivity contribution in [1.29, 1.82) is 0 Å². The van der Waals surface area contributed by atoms with E-state index in [1.807, 2.05) is 0 Å². The van der Waals surface area contributed by atoms with Gasteiger partial charge in [0.2, 0.25) is 0 Å². The minimum Gasteiger partial charge on any atom is -0.0622 e. The van der Waals surface area contributed by atoms with E-state index in [0.29, 0.717) is 0 Å². The molecule has 0 radical (unpaired) electrons. The van der Waals surface area contributed by atoms with Gasteiger partial charge < -0.3 is 0 Å². The van der Waals surface area contributed by atoms with Gasteiger partial charge in [0.15, 0.2) is 0 Å². The molecule has 0 saturated carbocycles. The average Bonchev–Trinajstić information content (AvgIpc) is 3.23. The van der Waals surface area contributed by atoms with Crippen LogP contribution in [0, 0.1) is 0 Å². The van der Waals surface area contributed by atoms with E-state index in [-0.39, 0.29) is 0 Å². The van der Waals surface area contributed by atoms with Gasteiger partial charge in [0, 0.05) is 0 Å². The van der Waals surface area contributed by atoms with Crippen molar-refractivity contribution in [3.8, 4) is 55.6 Å². The van der Waals surface area contributed by atoms with Crippen LogP contribution >= 0.6 is 0 Å². The van der Waals surface area contributed by atoms with Gasteiger partial charge in [-0.25, -0.2) is 0 Å². The molecule has 0 amide bonds. The Balaban J connectivity index is 1.23. The number of hydrogen-bond donors (Lipinski definition) is 0. The molecule has 0 N–H and O–H groups in total. The van der Waals surface area contributed by atoms with Crippen LogP contribution in [0.25, 0.3) is 98.7 Å². The van der Waals surface area contributed by atoms with Gasteiger partial charge in [0.05, 0.1) is 0 Å². The minimum absolute atomic E-state index is 1.21. The third-order valence-electron chi connectivity index (χ3n) is 10.7. The fourth-order valence-corrected chi connectivity index (χ4v) is 8.35. The molecule has 10 aromatic carbocycles. The van der Waals surface area contributed by atoms with Crippen molar-refractivity contribution in [3.05, 3.63) is 206 Å². The lowest BCUT2D eigenvalue weighted by Gasteiger charge is -2.21. The maximum atomic E-state index is 2.38. The number of benzene rings is 10. The van der Waals surface area contributed by atoms with Crippen LogP contribution in [0.4, 0.5) is 0 Å². The predicted octanol–water partition coefficient (Wildman–Crippen LogP) is 14.6. The van der Waals surface area contributed by atoms with Crippen LogP contribution in [0.3, 0.4) is 0 Å². The van der Waals surface area contributed by atoms with Crippen molar-refractivity contribution in [3.63, 3.8) is 0 Å². The SMILES string of the molecule is c1ccc(-c2ccc(-c3ccccc3-c3c4ccccc4c(-c4ccccc4-c4cc5ccccc5c5ccccc45)c4ccccc34)cc2)cc1. The normalized spacial score (nSPS) is 11.5. The third-order valence-corrected chi connectivity index (χ3v) is 10.7. The maximum absolute atomic E-state index is 2.38. The second-order valence-corrected chi connectivity index (χ2v) is 13.6. The number of fused-ring (bicyclic) bond motifs is 5. The molecule has 0 fully saturated rings. The van der Waals surface area contributed by atoms with Gasteiger partial charge >= 0.3 is 0 Å². The van der Waals surface area contributed by atoms with Crippen molar-refractivity contribution in [1.82, 2.24) is 0 Å². The fourth-order valence-electron chi connectivity index (χ4n) is 8.35. The summed E-state index contributed by atoms with van der Waals surface area (Å²) >= 11 is 0. The Morgan fingerprint density at radius 2 is 0.577 bits per heavy atom. The van der Waals surface area contributed by atoms with Gasteiger partial charge in [-0.15, -0.1) is 0 Å². The van der Waals surface area contributed by atoms with Crippen molar-refractivity contribution >= 4 is 43.1 Å². The molecule has 52 heavy (non-hydrogen) atoms. The molecule has 0 aliphatic heterocycles. The van der Waals surface area contributed by atoms with E-state index in [1.165, 1.54) is 98.7 Å². The molecular weight excluding hydrogens is 625 g/mol. The Labute approximate surface area is 303 Å². The first-order valence-electron chi connectivity index (χ1n) is 18.0. The molecule has 10 rings (SSSR count). The molecule has 0 aliphatic rings. The van der Waals surface area contributed by atoms with E-state index in [4.69, 9.17) is 0 Å². The molecule has 0 heterocycles. The molecule has 0 aromatic heterocycles. The van der Waals surface area contributed by atoms with Gasteiger partial charge in [0.25, 0.3) is 0 Å². The molecule has 242 valence electrons. The summed E-state index contributed by atoms with van der Waals surface area (Å²) < 4.78 is 0. The maximum Gasteiger partial charge on any atom is -0.00201 e. The van der Waals surface area contributed by atoms with E-state index in [1.54, 1.807) is 0 Å². The van der Waals surface area contributed by atoms with Crippen molar-refractivity contribution in [2.24, 2.45) is 0 Å². The summed E-state index contributed by atoms with van der Waals surface area (Å²) in [6.45, 7) is 0. The second kappa shape index (κ2) is 12.5. The first-order valence-corrected chi connectivity index (χ1v) is 18.0. The van der Waals surface area contributed by atoms with Gasteiger partial charge in [-0.05, 0) is 105 Å². The summed E-state index contributed by atoms with van der Waals surface area (Å²) in [5.74, 6) is 0. The van der Waals surface area contributed by atoms with Crippen LogP contribution in [0.1, 0.15) is 0 Å². The van der Waals surface area contributed by atoms with Gasteiger partial charge in [-0.1, -0.05) is 200 Å². The molecule has 0 saturated heterocycles. The predicted molar refractivity (Wildman–Crippen MR) is 224 cm³/mol. The zero-order valence-electron chi connectivity index (χ0n) is 28.6. The summed E-state index contributed by atoms with van der Waals surface area (Å²) in [4.78, 5) is 0. The van der Waals surface area contributed by atoms with Crippen molar-refractivity contribution in [2.45, 2.75) is 0 Å². The number of rotatable bonds is 5.